The molecule has 0 bridgehead atoms. The third-order valence-electron chi connectivity index (χ3n) is 3.92. The summed E-state index contributed by atoms with van der Waals surface area (Å²) < 4.78 is 4.15. The Balaban J connectivity index is 0. The average molecular weight is 514 g/mol. The van der Waals surface area contributed by atoms with Gasteiger partial charge in [0.15, 0.2) is 11.6 Å². The van der Waals surface area contributed by atoms with E-state index >= 15 is 0 Å². The van der Waals surface area contributed by atoms with E-state index < -0.39 is 0 Å². The summed E-state index contributed by atoms with van der Waals surface area (Å²) in [7, 11) is 0. The second-order valence-corrected chi connectivity index (χ2v) is 6.52. The Kier molecular flexibility index (Phi) is 19.2. The minimum atomic E-state index is -0.236. The number of H-pyrrole nitrogens is 1. The molecule has 0 aromatic carbocycles. The van der Waals surface area contributed by atoms with Gasteiger partial charge in [-0.1, -0.05) is 18.2 Å². The molecule has 0 fully saturated rings. The molecule has 4 heterocycles. The van der Waals surface area contributed by atoms with Gasteiger partial charge in [-0.2, -0.15) is 5.10 Å². The fourth-order valence-corrected chi connectivity index (χ4v) is 2.27. The SMILES string of the molecule is CC(=O)c1ccccn1.CCOC=O.O=CCC(=O)c1ccccn1.[H-].[Na+].c1ccc(-c2ccn[nH]2)nc1. The molecule has 0 saturated carbocycles. The smallest absolute Gasteiger partial charge is 1.00 e. The molecule has 10 nitrogen and oxygen atoms in total. The second kappa shape index (κ2) is 21.4. The number of Topliss-reactive ketones (excluding diaryl/α,β-unsaturated/α-hetero) is 2. The molecule has 0 saturated heterocycles. The van der Waals surface area contributed by atoms with Crippen molar-refractivity contribution in [1.29, 1.82) is 0 Å². The number of carbonyl (C=O) groups is 4. The van der Waals surface area contributed by atoms with Gasteiger partial charge in [-0.05, 0) is 49.4 Å². The molecule has 4 aromatic heterocycles. The second-order valence-electron chi connectivity index (χ2n) is 6.52. The summed E-state index contributed by atoms with van der Waals surface area (Å²) in [6.07, 6.45) is 7.10. The van der Waals surface area contributed by atoms with E-state index in [0.717, 1.165) is 11.4 Å². The monoisotopic (exact) mass is 513 g/mol. The van der Waals surface area contributed by atoms with Gasteiger partial charge >= 0.3 is 29.6 Å². The zero-order chi connectivity index (χ0) is 26.4. The van der Waals surface area contributed by atoms with Crippen LogP contribution in [0.2, 0.25) is 0 Å². The van der Waals surface area contributed by atoms with Crippen LogP contribution in [-0.4, -0.2) is 56.1 Å². The third kappa shape index (κ3) is 15.0. The number of hydrogen-bond donors (Lipinski definition) is 1. The summed E-state index contributed by atoms with van der Waals surface area (Å²) in [6.45, 7) is 4.17. The van der Waals surface area contributed by atoms with Gasteiger partial charge < -0.3 is 11.0 Å². The van der Waals surface area contributed by atoms with E-state index in [1.807, 2.05) is 24.3 Å². The molecule has 0 unspecified atom stereocenters. The van der Waals surface area contributed by atoms with Gasteiger partial charge in [0.2, 0.25) is 0 Å². The predicted molar refractivity (Wildman–Crippen MR) is 134 cm³/mol. The number of carbonyl (C=O) groups excluding carboxylic acids is 4. The number of ether oxygens (including phenoxy) is 1. The van der Waals surface area contributed by atoms with E-state index in [9.17, 15) is 19.2 Å². The van der Waals surface area contributed by atoms with Crippen LogP contribution < -0.4 is 29.6 Å². The van der Waals surface area contributed by atoms with Crippen LogP contribution in [0.15, 0.2) is 85.5 Å². The molecule has 4 aromatic rings. The van der Waals surface area contributed by atoms with Crippen molar-refractivity contribution in [2.24, 2.45) is 0 Å². The number of aldehydes is 1. The Morgan fingerprint density at radius 3 is 1.81 bits per heavy atom. The normalized spacial score (nSPS) is 8.70. The van der Waals surface area contributed by atoms with Crippen molar-refractivity contribution in [1.82, 2.24) is 25.1 Å². The maximum atomic E-state index is 11.0. The molecule has 188 valence electrons. The molecule has 0 radical (unpaired) electrons. The molecule has 37 heavy (non-hydrogen) atoms. The fourth-order valence-electron chi connectivity index (χ4n) is 2.27. The molecule has 0 aliphatic heterocycles. The first kappa shape index (κ1) is 33.1. The van der Waals surface area contributed by atoms with Crippen molar-refractivity contribution < 1.29 is 54.9 Å². The standard InChI is InChI=1S/C8H7N3.C8H7NO2.C7H7NO.C3H6O2.Na.H/c1-2-5-9-7(3-1)8-4-6-10-11-8;10-6-4-8(11)7-3-1-2-5-9-7;1-6(9)7-4-2-3-5-8-7;1-2-5-3-4;;/h1-6H,(H,10,11);1-3,5-6H,4H2;2-5H,1H3;3H,2H2,1H3;;/q;;;;+1;-1. The van der Waals surface area contributed by atoms with Crippen molar-refractivity contribution >= 4 is 24.3 Å². The zero-order valence-corrected chi connectivity index (χ0v) is 23.0. The van der Waals surface area contributed by atoms with Crippen LogP contribution >= 0.6 is 0 Å². The topological polar surface area (TPSA) is 145 Å². The van der Waals surface area contributed by atoms with E-state index in [2.05, 4.69) is 29.9 Å². The molecule has 0 aliphatic carbocycles. The summed E-state index contributed by atoms with van der Waals surface area (Å²) in [6, 6.07) is 18.0. The van der Waals surface area contributed by atoms with Crippen LogP contribution in [-0.2, 0) is 14.3 Å². The molecular formula is C26H28N5NaO5. The summed E-state index contributed by atoms with van der Waals surface area (Å²) in [5.41, 5.74) is 2.74. The van der Waals surface area contributed by atoms with Crippen LogP contribution in [0.25, 0.3) is 11.4 Å². The number of aromatic amines is 1. The van der Waals surface area contributed by atoms with Crippen LogP contribution in [0.3, 0.4) is 0 Å². The van der Waals surface area contributed by atoms with Gasteiger partial charge in [0, 0.05) is 31.7 Å². The maximum Gasteiger partial charge on any atom is 1.00 e. The van der Waals surface area contributed by atoms with E-state index in [1.54, 1.807) is 61.9 Å². The molecule has 0 atom stereocenters. The number of rotatable bonds is 7. The number of hydrogen-bond acceptors (Lipinski definition) is 9. The Bertz CT molecular complexity index is 1150. The number of aromatic nitrogens is 5. The minimum Gasteiger partial charge on any atom is -1.00 e. The summed E-state index contributed by atoms with van der Waals surface area (Å²) >= 11 is 0. The Labute approximate surface area is 238 Å². The number of pyridine rings is 3. The van der Waals surface area contributed by atoms with Crippen molar-refractivity contribution in [3.63, 3.8) is 0 Å². The fraction of sp³-hybridized carbons (Fsp3) is 0.154. The van der Waals surface area contributed by atoms with Crippen LogP contribution in [0, 0.1) is 0 Å². The van der Waals surface area contributed by atoms with Crippen molar-refractivity contribution in [3.8, 4) is 11.4 Å². The van der Waals surface area contributed by atoms with Crippen molar-refractivity contribution in [2.45, 2.75) is 20.3 Å². The van der Waals surface area contributed by atoms with Crippen LogP contribution in [0.5, 0.6) is 0 Å². The van der Waals surface area contributed by atoms with E-state index in [0.29, 0.717) is 30.8 Å². The Morgan fingerprint density at radius 1 is 0.865 bits per heavy atom. The summed E-state index contributed by atoms with van der Waals surface area (Å²) in [5, 5.41) is 6.67. The third-order valence-corrected chi connectivity index (χ3v) is 3.92. The van der Waals surface area contributed by atoms with Gasteiger partial charge in [-0.25, -0.2) is 0 Å². The number of nitrogens with zero attached hydrogens (tertiary/aromatic N) is 4. The maximum absolute atomic E-state index is 11.0. The van der Waals surface area contributed by atoms with Gasteiger partial charge in [-0.15, -0.1) is 0 Å². The van der Waals surface area contributed by atoms with Gasteiger partial charge in [0.25, 0.3) is 6.47 Å². The summed E-state index contributed by atoms with van der Waals surface area (Å²) in [4.78, 5) is 52.4. The molecule has 4 rings (SSSR count). The van der Waals surface area contributed by atoms with E-state index in [-0.39, 0.29) is 49.0 Å². The molecule has 11 heteroatoms. The molecule has 0 amide bonds. The minimum absolute atomic E-state index is 0. The van der Waals surface area contributed by atoms with Crippen molar-refractivity contribution in [3.05, 3.63) is 96.8 Å². The van der Waals surface area contributed by atoms with Crippen LogP contribution in [0.4, 0.5) is 0 Å². The first-order valence-electron chi connectivity index (χ1n) is 10.8. The quantitative estimate of drug-likeness (QED) is 0.165. The molecule has 0 spiro atoms. The number of nitrogens with one attached hydrogen (secondary N) is 1. The predicted octanol–water partition coefficient (Wildman–Crippen LogP) is 0.905. The van der Waals surface area contributed by atoms with Crippen LogP contribution in [0.1, 0.15) is 42.7 Å². The average Bonchev–Trinajstić information content (AvgIpc) is 3.47. The zero-order valence-electron chi connectivity index (χ0n) is 22.0. The van der Waals surface area contributed by atoms with Gasteiger partial charge in [-0.3, -0.25) is 34.4 Å². The first-order chi connectivity index (χ1) is 17.5. The van der Waals surface area contributed by atoms with Crippen molar-refractivity contribution in [2.75, 3.05) is 6.61 Å². The Morgan fingerprint density at radius 2 is 1.46 bits per heavy atom. The number of ketones is 2. The molecule has 1 N–H and O–H groups in total. The summed E-state index contributed by atoms with van der Waals surface area (Å²) in [5.74, 6) is -0.226. The van der Waals surface area contributed by atoms with Gasteiger partial charge in [0.1, 0.15) is 17.7 Å². The largest absolute Gasteiger partial charge is 1.00 e. The van der Waals surface area contributed by atoms with Gasteiger partial charge in [0.05, 0.1) is 24.4 Å². The Hall–Kier alpha value is -3.86. The molecule has 0 aliphatic rings. The van der Waals surface area contributed by atoms with E-state index in [1.165, 1.54) is 13.1 Å². The first-order valence-corrected chi connectivity index (χ1v) is 10.8. The molecular weight excluding hydrogens is 485 g/mol. The van der Waals surface area contributed by atoms with E-state index in [4.69, 9.17) is 0 Å².